The Morgan fingerprint density at radius 1 is 0.952 bits per heavy atom. The highest BCUT2D eigenvalue weighted by atomic mass is 16.3. The van der Waals surface area contributed by atoms with Gasteiger partial charge in [0.2, 0.25) is 0 Å². The van der Waals surface area contributed by atoms with Crippen molar-refractivity contribution in [2.75, 3.05) is 6.54 Å². The molecule has 3 nitrogen and oxygen atoms in total. The summed E-state index contributed by atoms with van der Waals surface area (Å²) in [5.41, 5.74) is 7.83. The second-order valence-electron chi connectivity index (χ2n) is 5.14. The molecule has 1 aromatic heterocycles. The van der Waals surface area contributed by atoms with Crippen LogP contribution in [0.1, 0.15) is 23.1 Å². The maximum Gasteiger partial charge on any atom is 0.0876 e. The van der Waals surface area contributed by atoms with Crippen LogP contribution < -0.4 is 5.73 Å². The molecule has 21 heavy (non-hydrogen) atoms. The van der Waals surface area contributed by atoms with Crippen LogP contribution in [0.15, 0.2) is 67.0 Å². The van der Waals surface area contributed by atoms with Crippen LogP contribution in [0.5, 0.6) is 0 Å². The van der Waals surface area contributed by atoms with Crippen molar-refractivity contribution in [2.45, 2.75) is 12.0 Å². The molecule has 0 radical (unpaired) electrons. The fourth-order valence-electron chi connectivity index (χ4n) is 2.78. The van der Waals surface area contributed by atoms with Crippen molar-refractivity contribution in [3.8, 4) is 0 Å². The van der Waals surface area contributed by atoms with E-state index < -0.39 is 6.10 Å². The van der Waals surface area contributed by atoms with E-state index in [1.807, 2.05) is 42.5 Å². The van der Waals surface area contributed by atoms with Crippen LogP contribution in [0, 0.1) is 0 Å². The van der Waals surface area contributed by atoms with Crippen molar-refractivity contribution in [3.05, 3.63) is 78.1 Å². The highest BCUT2D eigenvalue weighted by Gasteiger charge is 2.22. The fourth-order valence-corrected chi connectivity index (χ4v) is 2.78. The third kappa shape index (κ3) is 2.66. The number of aliphatic hydroxyl groups is 1. The second kappa shape index (κ2) is 6.04. The van der Waals surface area contributed by atoms with Crippen molar-refractivity contribution in [3.63, 3.8) is 0 Å². The van der Waals surface area contributed by atoms with Crippen LogP contribution in [0.2, 0.25) is 0 Å². The number of hydrogen-bond donors (Lipinski definition) is 2. The van der Waals surface area contributed by atoms with Crippen LogP contribution >= 0.6 is 0 Å². The van der Waals surface area contributed by atoms with Gasteiger partial charge in [-0.1, -0.05) is 42.5 Å². The van der Waals surface area contributed by atoms with Crippen molar-refractivity contribution in [1.82, 2.24) is 4.98 Å². The van der Waals surface area contributed by atoms with Crippen LogP contribution in [-0.4, -0.2) is 16.6 Å². The summed E-state index contributed by atoms with van der Waals surface area (Å²) in [5, 5.41) is 13.0. The zero-order chi connectivity index (χ0) is 14.7. The first kappa shape index (κ1) is 13.7. The van der Waals surface area contributed by atoms with E-state index in [-0.39, 0.29) is 5.92 Å². The fraction of sp³-hybridized carbons (Fsp3) is 0.167. The Labute approximate surface area is 124 Å². The number of aliphatic hydroxyl groups excluding tert-OH is 1. The maximum absolute atomic E-state index is 10.8. The van der Waals surface area contributed by atoms with Gasteiger partial charge in [0.1, 0.15) is 0 Å². The van der Waals surface area contributed by atoms with Gasteiger partial charge in [0.25, 0.3) is 0 Å². The number of nitrogens with zero attached hydrogens (tertiary/aromatic N) is 1. The van der Waals surface area contributed by atoms with Gasteiger partial charge in [-0.25, -0.2) is 0 Å². The van der Waals surface area contributed by atoms with Gasteiger partial charge in [-0.05, 0) is 34.0 Å². The lowest BCUT2D eigenvalue weighted by atomic mass is 9.87. The Morgan fingerprint density at radius 3 is 2.43 bits per heavy atom. The molecule has 0 saturated heterocycles. The molecule has 106 valence electrons. The Bertz CT molecular complexity index is 722. The smallest absolute Gasteiger partial charge is 0.0876 e. The molecule has 3 heteroatoms. The van der Waals surface area contributed by atoms with E-state index in [1.165, 1.54) is 0 Å². The summed E-state index contributed by atoms with van der Waals surface area (Å²) in [7, 11) is 0. The quantitative estimate of drug-likeness (QED) is 0.771. The van der Waals surface area contributed by atoms with Crippen LogP contribution in [0.3, 0.4) is 0 Å². The Hall–Kier alpha value is -2.23. The molecule has 3 N–H and O–H groups in total. The third-order valence-electron chi connectivity index (χ3n) is 3.91. The van der Waals surface area contributed by atoms with Crippen molar-refractivity contribution in [1.29, 1.82) is 0 Å². The zero-order valence-corrected chi connectivity index (χ0v) is 11.7. The average molecular weight is 278 g/mol. The van der Waals surface area contributed by atoms with E-state index in [4.69, 9.17) is 5.73 Å². The van der Waals surface area contributed by atoms with Gasteiger partial charge >= 0.3 is 0 Å². The zero-order valence-electron chi connectivity index (χ0n) is 11.7. The number of rotatable bonds is 4. The summed E-state index contributed by atoms with van der Waals surface area (Å²) >= 11 is 0. The molecule has 0 spiro atoms. The maximum atomic E-state index is 10.8. The molecule has 1 heterocycles. The van der Waals surface area contributed by atoms with Gasteiger partial charge in [0.05, 0.1) is 6.10 Å². The predicted octanol–water partition coefficient (Wildman–Crippen LogP) is 3.01. The predicted molar refractivity (Wildman–Crippen MR) is 84.9 cm³/mol. The first-order valence-electron chi connectivity index (χ1n) is 7.07. The third-order valence-corrected chi connectivity index (χ3v) is 3.91. The summed E-state index contributed by atoms with van der Waals surface area (Å²) in [6.45, 7) is 0.383. The molecule has 3 rings (SSSR count). The van der Waals surface area contributed by atoms with Gasteiger partial charge < -0.3 is 10.8 Å². The summed E-state index contributed by atoms with van der Waals surface area (Å²) in [6, 6.07) is 17.9. The van der Waals surface area contributed by atoms with Gasteiger partial charge in [-0.15, -0.1) is 0 Å². The molecular weight excluding hydrogens is 260 g/mol. The van der Waals surface area contributed by atoms with Crippen LogP contribution in [0.4, 0.5) is 0 Å². The summed E-state index contributed by atoms with van der Waals surface area (Å²) in [6.07, 6.45) is 2.82. The molecule has 0 fully saturated rings. The molecule has 0 saturated carbocycles. The molecule has 2 atom stereocenters. The van der Waals surface area contributed by atoms with Crippen LogP contribution in [-0.2, 0) is 0 Å². The standard InChI is InChI=1S/C18H18N2O/c19-12-17(14-8-10-20-11-9-14)18(21)16-7-3-5-13-4-1-2-6-15(13)16/h1-11,17-18,21H,12,19H2. The summed E-state index contributed by atoms with van der Waals surface area (Å²) in [4.78, 5) is 4.02. The minimum atomic E-state index is -0.636. The lowest BCUT2D eigenvalue weighted by molar-refractivity contribution is 0.149. The Balaban J connectivity index is 2.05. The number of fused-ring (bicyclic) bond motifs is 1. The van der Waals surface area contributed by atoms with E-state index in [0.717, 1.165) is 21.9 Å². The van der Waals surface area contributed by atoms with E-state index in [2.05, 4.69) is 17.1 Å². The van der Waals surface area contributed by atoms with Gasteiger partial charge in [-0.3, -0.25) is 4.98 Å². The van der Waals surface area contributed by atoms with E-state index in [1.54, 1.807) is 12.4 Å². The summed E-state index contributed by atoms with van der Waals surface area (Å²) in [5.74, 6) is -0.140. The topological polar surface area (TPSA) is 59.1 Å². The molecular formula is C18H18N2O. The van der Waals surface area contributed by atoms with Gasteiger partial charge in [-0.2, -0.15) is 0 Å². The lowest BCUT2D eigenvalue weighted by Crippen LogP contribution is -2.20. The Kier molecular flexibility index (Phi) is 3.95. The molecule has 0 aliphatic heterocycles. The first-order chi connectivity index (χ1) is 10.3. The molecule has 2 aromatic carbocycles. The van der Waals surface area contributed by atoms with E-state index >= 15 is 0 Å². The second-order valence-corrected chi connectivity index (χ2v) is 5.14. The molecule has 0 aliphatic carbocycles. The summed E-state index contributed by atoms with van der Waals surface area (Å²) < 4.78 is 0. The number of pyridine rings is 1. The van der Waals surface area contributed by atoms with Gasteiger partial charge in [0.15, 0.2) is 0 Å². The van der Waals surface area contributed by atoms with E-state index in [0.29, 0.717) is 6.54 Å². The number of hydrogen-bond acceptors (Lipinski definition) is 3. The SMILES string of the molecule is NCC(c1ccncc1)C(O)c1cccc2ccccc12. The molecule has 2 unspecified atom stereocenters. The highest BCUT2D eigenvalue weighted by Crippen LogP contribution is 2.33. The van der Waals surface area contributed by atoms with Crippen molar-refractivity contribution >= 4 is 10.8 Å². The lowest BCUT2D eigenvalue weighted by Gasteiger charge is -2.23. The number of aromatic nitrogens is 1. The Morgan fingerprint density at radius 2 is 1.67 bits per heavy atom. The number of benzene rings is 2. The number of nitrogens with two attached hydrogens (primary N) is 1. The van der Waals surface area contributed by atoms with Crippen molar-refractivity contribution < 1.29 is 5.11 Å². The molecule has 0 bridgehead atoms. The molecule has 0 amide bonds. The molecule has 0 aliphatic rings. The molecule has 3 aromatic rings. The van der Waals surface area contributed by atoms with Crippen molar-refractivity contribution in [2.24, 2.45) is 5.73 Å². The van der Waals surface area contributed by atoms with Crippen LogP contribution in [0.25, 0.3) is 10.8 Å². The minimum absolute atomic E-state index is 0.140. The first-order valence-corrected chi connectivity index (χ1v) is 7.07. The van der Waals surface area contributed by atoms with E-state index in [9.17, 15) is 5.11 Å². The normalized spacial score (nSPS) is 14.0. The van der Waals surface area contributed by atoms with Gasteiger partial charge in [0, 0.05) is 24.9 Å². The largest absolute Gasteiger partial charge is 0.388 e. The minimum Gasteiger partial charge on any atom is -0.388 e. The average Bonchev–Trinajstić information content (AvgIpc) is 2.56. The monoisotopic (exact) mass is 278 g/mol. The highest BCUT2D eigenvalue weighted by molar-refractivity contribution is 5.86.